The first kappa shape index (κ1) is 21.1. The number of carbonyl (C=O) groups is 1. The highest BCUT2D eigenvalue weighted by molar-refractivity contribution is 5.85. The van der Waals surface area contributed by atoms with Gasteiger partial charge in [-0.25, -0.2) is 13.2 Å². The van der Waals surface area contributed by atoms with Crippen molar-refractivity contribution in [1.82, 2.24) is 9.88 Å². The third kappa shape index (κ3) is 3.58. The van der Waals surface area contributed by atoms with E-state index in [0.29, 0.717) is 25.0 Å². The summed E-state index contributed by atoms with van der Waals surface area (Å²) in [6.45, 7) is 2.10. The number of hydrogen-bond donors (Lipinski definition) is 1. The van der Waals surface area contributed by atoms with Crippen LogP contribution in [-0.4, -0.2) is 41.2 Å². The van der Waals surface area contributed by atoms with Crippen molar-refractivity contribution in [1.29, 1.82) is 0 Å². The summed E-state index contributed by atoms with van der Waals surface area (Å²) in [6, 6.07) is 9.23. The average molecular weight is 442 g/mol. The number of alkyl halides is 1. The SMILES string of the molecule is COC(=O)Cc1cc(F)c([C@@H]2c3[nH]c4ccccc4c3C[C@@H](C)N2CC2(F)CC2)c(F)c1. The summed E-state index contributed by atoms with van der Waals surface area (Å²) >= 11 is 0. The number of methoxy groups -OCH3 is 1. The Morgan fingerprint density at radius 3 is 2.56 bits per heavy atom. The second-order valence-electron chi connectivity index (χ2n) is 9.07. The number of ether oxygens (including phenoxy) is 1. The van der Waals surface area contributed by atoms with Gasteiger partial charge in [0.1, 0.15) is 17.3 Å². The van der Waals surface area contributed by atoms with Crippen LogP contribution in [0.15, 0.2) is 36.4 Å². The lowest BCUT2D eigenvalue weighted by Gasteiger charge is -2.42. The first-order valence-electron chi connectivity index (χ1n) is 10.9. The summed E-state index contributed by atoms with van der Waals surface area (Å²) < 4.78 is 50.3. The molecule has 1 saturated carbocycles. The normalized spacial score (nSPS) is 22.0. The molecule has 32 heavy (non-hydrogen) atoms. The van der Waals surface area contributed by atoms with Gasteiger partial charge in [-0.15, -0.1) is 0 Å². The van der Waals surface area contributed by atoms with E-state index in [9.17, 15) is 9.18 Å². The van der Waals surface area contributed by atoms with Crippen molar-refractivity contribution in [3.8, 4) is 0 Å². The fraction of sp³-hybridized carbons (Fsp3) is 0.400. The van der Waals surface area contributed by atoms with Crippen LogP contribution in [0.3, 0.4) is 0 Å². The predicted molar refractivity (Wildman–Crippen MR) is 115 cm³/mol. The third-order valence-electron chi connectivity index (χ3n) is 6.76. The quantitative estimate of drug-likeness (QED) is 0.566. The van der Waals surface area contributed by atoms with Gasteiger partial charge in [0.15, 0.2) is 0 Å². The highest BCUT2D eigenvalue weighted by Crippen LogP contribution is 2.47. The number of nitrogens with one attached hydrogen (secondary N) is 1. The zero-order valence-electron chi connectivity index (χ0n) is 18.1. The van der Waals surface area contributed by atoms with Gasteiger partial charge in [0.05, 0.1) is 19.6 Å². The number of carbonyl (C=O) groups excluding carboxylic acids is 1. The Morgan fingerprint density at radius 1 is 1.22 bits per heavy atom. The maximum atomic E-state index is 15.4. The molecule has 1 aliphatic heterocycles. The number of fused-ring (bicyclic) bond motifs is 3. The number of esters is 1. The van der Waals surface area contributed by atoms with Crippen LogP contribution in [0.1, 0.15) is 48.2 Å². The molecule has 0 amide bonds. The predicted octanol–water partition coefficient (Wildman–Crippen LogP) is 5.00. The second kappa shape index (κ2) is 7.66. The number of halogens is 3. The maximum absolute atomic E-state index is 15.4. The van der Waals surface area contributed by atoms with Gasteiger partial charge in [-0.3, -0.25) is 9.69 Å². The van der Waals surface area contributed by atoms with Crippen LogP contribution in [0, 0.1) is 11.6 Å². The van der Waals surface area contributed by atoms with E-state index in [1.807, 2.05) is 36.1 Å². The second-order valence-corrected chi connectivity index (χ2v) is 9.07. The van der Waals surface area contributed by atoms with E-state index in [1.54, 1.807) is 0 Å². The number of H-pyrrole nitrogens is 1. The number of aromatic amines is 1. The van der Waals surface area contributed by atoms with Crippen LogP contribution in [0.5, 0.6) is 0 Å². The molecule has 2 aromatic carbocycles. The summed E-state index contributed by atoms with van der Waals surface area (Å²) in [6.07, 6.45) is 1.37. The van der Waals surface area contributed by atoms with E-state index in [0.717, 1.165) is 16.5 Å². The number of benzene rings is 2. The van der Waals surface area contributed by atoms with E-state index >= 15 is 8.78 Å². The highest BCUT2D eigenvalue weighted by atomic mass is 19.1. The summed E-state index contributed by atoms with van der Waals surface area (Å²) in [5, 5.41) is 1.02. The summed E-state index contributed by atoms with van der Waals surface area (Å²) in [5.74, 6) is -2.07. The Kier molecular flexibility index (Phi) is 5.04. The molecule has 0 saturated heterocycles. The van der Waals surface area contributed by atoms with Gasteiger partial charge in [-0.2, -0.15) is 0 Å². The highest BCUT2D eigenvalue weighted by Gasteiger charge is 2.49. The van der Waals surface area contributed by atoms with Crippen molar-refractivity contribution in [3.05, 3.63) is 70.4 Å². The minimum atomic E-state index is -1.31. The van der Waals surface area contributed by atoms with Crippen molar-refractivity contribution >= 4 is 16.9 Å². The Hall–Kier alpha value is -2.80. The number of hydrogen-bond acceptors (Lipinski definition) is 3. The molecule has 168 valence electrons. The molecule has 0 bridgehead atoms. The van der Waals surface area contributed by atoms with Gasteiger partial charge >= 0.3 is 5.97 Å². The van der Waals surface area contributed by atoms with Crippen LogP contribution in [-0.2, 0) is 22.4 Å². The molecule has 1 fully saturated rings. The van der Waals surface area contributed by atoms with E-state index < -0.39 is 29.3 Å². The summed E-state index contributed by atoms with van der Waals surface area (Å²) in [5.41, 5.74) is 1.37. The van der Waals surface area contributed by atoms with Crippen molar-refractivity contribution < 1.29 is 22.7 Å². The van der Waals surface area contributed by atoms with Gasteiger partial charge in [-0.05, 0) is 55.5 Å². The van der Waals surface area contributed by atoms with Crippen molar-refractivity contribution in [2.75, 3.05) is 13.7 Å². The van der Waals surface area contributed by atoms with E-state index in [-0.39, 0.29) is 30.1 Å². The minimum absolute atomic E-state index is 0.103. The van der Waals surface area contributed by atoms with Crippen molar-refractivity contribution in [3.63, 3.8) is 0 Å². The molecule has 0 radical (unpaired) electrons. The molecule has 4 nitrogen and oxygen atoms in total. The van der Waals surface area contributed by atoms with Crippen LogP contribution in [0.2, 0.25) is 0 Å². The van der Waals surface area contributed by atoms with Gasteiger partial charge in [0, 0.05) is 34.7 Å². The van der Waals surface area contributed by atoms with Gasteiger partial charge in [0.2, 0.25) is 0 Å². The number of para-hydroxylation sites is 1. The molecule has 0 spiro atoms. The molecular formula is C25H25F3N2O2. The first-order chi connectivity index (χ1) is 15.3. The van der Waals surface area contributed by atoms with Gasteiger partial charge < -0.3 is 9.72 Å². The number of aromatic nitrogens is 1. The minimum Gasteiger partial charge on any atom is -0.469 e. The fourth-order valence-corrected chi connectivity index (χ4v) is 4.92. The Morgan fingerprint density at radius 2 is 1.91 bits per heavy atom. The molecule has 1 aliphatic carbocycles. The van der Waals surface area contributed by atoms with Crippen LogP contribution >= 0.6 is 0 Å². The molecule has 2 aliphatic rings. The van der Waals surface area contributed by atoms with Crippen LogP contribution in [0.4, 0.5) is 13.2 Å². The molecule has 3 aromatic rings. The molecule has 2 atom stereocenters. The van der Waals surface area contributed by atoms with Crippen LogP contribution < -0.4 is 0 Å². The van der Waals surface area contributed by atoms with Gasteiger partial charge in [0.25, 0.3) is 0 Å². The van der Waals surface area contributed by atoms with E-state index in [4.69, 9.17) is 0 Å². The first-order valence-corrected chi connectivity index (χ1v) is 10.9. The van der Waals surface area contributed by atoms with E-state index in [1.165, 1.54) is 19.2 Å². The molecule has 5 rings (SSSR count). The lowest BCUT2D eigenvalue weighted by atomic mass is 9.87. The molecule has 2 heterocycles. The van der Waals surface area contributed by atoms with Crippen LogP contribution in [0.25, 0.3) is 10.9 Å². The molecule has 1 N–H and O–H groups in total. The average Bonchev–Trinajstić information content (AvgIpc) is 3.37. The number of rotatable bonds is 5. The zero-order valence-corrected chi connectivity index (χ0v) is 18.1. The maximum Gasteiger partial charge on any atom is 0.309 e. The fourth-order valence-electron chi connectivity index (χ4n) is 4.92. The molecule has 1 aromatic heterocycles. The summed E-state index contributed by atoms with van der Waals surface area (Å²) in [4.78, 5) is 16.8. The lowest BCUT2D eigenvalue weighted by molar-refractivity contribution is -0.139. The standard InChI is InChI=1S/C25H25F3N2O2/c1-14-9-17-16-5-3-4-6-20(16)29-23(17)24(30(14)13-25(28)7-8-25)22-18(26)10-15(11-19(22)27)12-21(31)32-2/h3-6,10-11,14,24,29H,7-9,12-13H2,1-2H3/t14-,24-/m1/s1. The Balaban J connectivity index is 1.66. The van der Waals surface area contributed by atoms with E-state index in [2.05, 4.69) is 9.72 Å². The Labute approximate surface area is 184 Å². The monoisotopic (exact) mass is 442 g/mol. The lowest BCUT2D eigenvalue weighted by Crippen LogP contribution is -2.46. The van der Waals surface area contributed by atoms with Gasteiger partial charge in [-0.1, -0.05) is 18.2 Å². The smallest absolute Gasteiger partial charge is 0.309 e. The molecular weight excluding hydrogens is 417 g/mol. The Bertz CT molecular complexity index is 1180. The topological polar surface area (TPSA) is 45.3 Å². The third-order valence-corrected chi connectivity index (χ3v) is 6.76. The van der Waals surface area contributed by atoms with Crippen molar-refractivity contribution in [2.45, 2.75) is 50.4 Å². The molecule has 7 heteroatoms. The largest absolute Gasteiger partial charge is 0.469 e. The van der Waals surface area contributed by atoms with Crippen molar-refractivity contribution in [2.24, 2.45) is 0 Å². The molecule has 0 unspecified atom stereocenters. The summed E-state index contributed by atoms with van der Waals surface area (Å²) in [7, 11) is 1.23. The number of nitrogens with zero attached hydrogens (tertiary/aromatic N) is 1. The zero-order chi connectivity index (χ0) is 22.6.